The van der Waals surface area contributed by atoms with E-state index >= 15 is 0 Å². The van der Waals surface area contributed by atoms with Gasteiger partial charge >= 0.3 is 0 Å². The Hall–Kier alpha value is -2.93. The summed E-state index contributed by atoms with van der Waals surface area (Å²) in [5, 5.41) is 2.54. The zero-order chi connectivity index (χ0) is 26.0. The first-order valence-corrected chi connectivity index (χ1v) is 14.1. The summed E-state index contributed by atoms with van der Waals surface area (Å²) in [7, 11) is 0. The van der Waals surface area contributed by atoms with Gasteiger partial charge in [-0.25, -0.2) is 0 Å². The first kappa shape index (κ1) is 23.2. The van der Waals surface area contributed by atoms with E-state index in [1.165, 1.54) is 69.8 Å². The number of fused-ring (bicyclic) bond motifs is 4. The van der Waals surface area contributed by atoms with E-state index in [9.17, 15) is 0 Å². The molecule has 37 heavy (non-hydrogen) atoms. The Labute approximate surface area is 222 Å². The quantitative estimate of drug-likeness (QED) is 0.261. The molecule has 0 unspecified atom stereocenters. The van der Waals surface area contributed by atoms with E-state index in [1.54, 1.807) is 11.1 Å². The maximum Gasteiger partial charge on any atom is 0.0780 e. The van der Waals surface area contributed by atoms with Gasteiger partial charge in [0.15, 0.2) is 0 Å². The SMILES string of the molecule is Cc1cc2c(cc1C)C13CC(C)(C)CC1(CC(C)(C)C3)c1ccc(-c3ncc(C)c4ccccc34)cc1-2. The lowest BCUT2D eigenvalue weighted by atomic mass is 9.55. The second-order valence-electron chi connectivity index (χ2n) is 14.3. The number of nitrogens with zero attached hydrogens (tertiary/aromatic N) is 1. The Bertz CT molecular complexity index is 1600. The minimum absolute atomic E-state index is 0.200. The molecule has 2 saturated carbocycles. The smallest absolute Gasteiger partial charge is 0.0780 e. The molecule has 3 aliphatic carbocycles. The molecule has 4 aromatic rings. The number of aryl methyl sites for hydroxylation is 3. The molecule has 2 fully saturated rings. The topological polar surface area (TPSA) is 12.9 Å². The second kappa shape index (κ2) is 7.13. The van der Waals surface area contributed by atoms with Crippen LogP contribution in [-0.2, 0) is 10.8 Å². The van der Waals surface area contributed by atoms with Gasteiger partial charge in [-0.05, 0) is 108 Å². The van der Waals surface area contributed by atoms with Crippen molar-refractivity contribution in [3.8, 4) is 22.4 Å². The Morgan fingerprint density at radius 1 is 0.595 bits per heavy atom. The van der Waals surface area contributed by atoms with Gasteiger partial charge in [-0.2, -0.15) is 0 Å². The number of benzene rings is 3. The van der Waals surface area contributed by atoms with E-state index in [0.29, 0.717) is 10.8 Å². The largest absolute Gasteiger partial charge is 0.255 e. The molecule has 0 saturated heterocycles. The molecule has 3 aromatic carbocycles. The first-order chi connectivity index (χ1) is 17.5. The summed E-state index contributed by atoms with van der Waals surface area (Å²) >= 11 is 0. The number of rotatable bonds is 1. The van der Waals surface area contributed by atoms with Crippen LogP contribution in [0.25, 0.3) is 33.2 Å². The molecule has 0 radical (unpaired) electrons. The third kappa shape index (κ3) is 3.01. The molecular formula is C36H39N. The van der Waals surface area contributed by atoms with Crippen LogP contribution >= 0.6 is 0 Å². The molecule has 0 atom stereocenters. The van der Waals surface area contributed by atoms with Gasteiger partial charge in [0.1, 0.15) is 0 Å². The summed E-state index contributed by atoms with van der Waals surface area (Å²) in [6, 6.07) is 21.2. The summed E-state index contributed by atoms with van der Waals surface area (Å²) in [5.41, 5.74) is 13.6. The molecule has 0 amide bonds. The molecule has 1 nitrogen and oxygen atoms in total. The highest BCUT2D eigenvalue weighted by molar-refractivity contribution is 5.97. The summed E-state index contributed by atoms with van der Waals surface area (Å²) in [5.74, 6) is 0. The van der Waals surface area contributed by atoms with Crippen molar-refractivity contribution in [3.63, 3.8) is 0 Å². The van der Waals surface area contributed by atoms with Crippen LogP contribution in [0.1, 0.15) is 81.2 Å². The molecule has 0 spiro atoms. The average Bonchev–Trinajstić information content (AvgIpc) is 3.20. The van der Waals surface area contributed by atoms with Crippen LogP contribution in [0.2, 0.25) is 0 Å². The molecule has 1 aromatic heterocycles. The zero-order valence-electron chi connectivity index (χ0n) is 23.5. The Morgan fingerprint density at radius 2 is 1.16 bits per heavy atom. The summed E-state index contributed by atoms with van der Waals surface area (Å²) in [4.78, 5) is 4.99. The molecular weight excluding hydrogens is 446 g/mol. The van der Waals surface area contributed by atoms with Crippen molar-refractivity contribution >= 4 is 10.8 Å². The van der Waals surface area contributed by atoms with Gasteiger partial charge in [0.2, 0.25) is 0 Å². The minimum atomic E-state index is 0.200. The van der Waals surface area contributed by atoms with Crippen molar-refractivity contribution in [1.29, 1.82) is 0 Å². The lowest BCUT2D eigenvalue weighted by Gasteiger charge is -2.48. The third-order valence-corrected chi connectivity index (χ3v) is 10.3. The standard InChI is InChI=1S/C36H39N/c1-22-14-28-29-16-25(32-27-11-9-8-10-26(27)24(3)17-37-32)12-13-30(29)35-18-33(4,5)20-36(35,21-34(6,7)19-35)31(28)15-23(22)2/h8-17H,18-21H2,1-7H3. The van der Waals surface area contributed by atoms with Gasteiger partial charge in [-0.1, -0.05) is 76.2 Å². The van der Waals surface area contributed by atoms with E-state index in [-0.39, 0.29) is 10.8 Å². The van der Waals surface area contributed by atoms with Crippen LogP contribution in [0.4, 0.5) is 0 Å². The van der Waals surface area contributed by atoms with Gasteiger partial charge in [-0.15, -0.1) is 0 Å². The Morgan fingerprint density at radius 3 is 1.84 bits per heavy atom. The van der Waals surface area contributed by atoms with Crippen molar-refractivity contribution in [2.24, 2.45) is 10.8 Å². The fraction of sp³-hybridized carbons (Fsp3) is 0.417. The molecule has 188 valence electrons. The van der Waals surface area contributed by atoms with E-state index in [1.807, 2.05) is 6.20 Å². The highest BCUT2D eigenvalue weighted by Gasteiger charge is 2.70. The van der Waals surface area contributed by atoms with Crippen molar-refractivity contribution in [3.05, 3.63) is 88.6 Å². The molecule has 0 aliphatic heterocycles. The molecule has 1 heterocycles. The van der Waals surface area contributed by atoms with Crippen LogP contribution in [0, 0.1) is 31.6 Å². The lowest BCUT2D eigenvalue weighted by molar-refractivity contribution is 0.264. The van der Waals surface area contributed by atoms with Crippen molar-refractivity contribution in [1.82, 2.24) is 4.98 Å². The molecule has 1 heteroatoms. The maximum absolute atomic E-state index is 4.99. The van der Waals surface area contributed by atoms with Crippen LogP contribution < -0.4 is 0 Å². The van der Waals surface area contributed by atoms with Crippen LogP contribution in [0.15, 0.2) is 60.8 Å². The van der Waals surface area contributed by atoms with Crippen LogP contribution in [-0.4, -0.2) is 4.98 Å². The van der Waals surface area contributed by atoms with Gasteiger partial charge < -0.3 is 0 Å². The fourth-order valence-corrected chi connectivity index (χ4v) is 9.42. The van der Waals surface area contributed by atoms with Gasteiger partial charge in [0, 0.05) is 28.0 Å². The monoisotopic (exact) mass is 485 g/mol. The predicted molar refractivity (Wildman–Crippen MR) is 156 cm³/mol. The molecule has 3 aliphatic rings. The predicted octanol–water partition coefficient (Wildman–Crippen LogP) is 9.62. The Kier molecular flexibility index (Phi) is 4.47. The number of hydrogen-bond acceptors (Lipinski definition) is 1. The van der Waals surface area contributed by atoms with Gasteiger partial charge in [-0.3, -0.25) is 4.98 Å². The normalized spacial score (nSPS) is 26.5. The van der Waals surface area contributed by atoms with Gasteiger partial charge in [0.25, 0.3) is 0 Å². The number of pyridine rings is 1. The molecule has 0 bridgehead atoms. The van der Waals surface area contributed by atoms with Crippen LogP contribution in [0.5, 0.6) is 0 Å². The van der Waals surface area contributed by atoms with E-state index < -0.39 is 0 Å². The lowest BCUT2D eigenvalue weighted by Crippen LogP contribution is -2.43. The summed E-state index contributed by atoms with van der Waals surface area (Å²) < 4.78 is 0. The summed E-state index contributed by atoms with van der Waals surface area (Å²) in [6.07, 6.45) is 7.15. The van der Waals surface area contributed by atoms with Gasteiger partial charge in [0.05, 0.1) is 5.69 Å². The molecule has 7 rings (SSSR count). The number of hydrogen-bond donors (Lipinski definition) is 0. The third-order valence-electron chi connectivity index (χ3n) is 10.3. The van der Waals surface area contributed by atoms with Crippen molar-refractivity contribution < 1.29 is 0 Å². The molecule has 0 N–H and O–H groups in total. The maximum atomic E-state index is 4.99. The van der Waals surface area contributed by atoms with E-state index in [4.69, 9.17) is 4.98 Å². The zero-order valence-corrected chi connectivity index (χ0v) is 23.5. The highest BCUT2D eigenvalue weighted by atomic mass is 14.7. The van der Waals surface area contributed by atoms with Crippen molar-refractivity contribution in [2.75, 3.05) is 0 Å². The summed E-state index contributed by atoms with van der Waals surface area (Å²) in [6.45, 7) is 16.8. The van der Waals surface area contributed by atoms with E-state index in [2.05, 4.69) is 103 Å². The number of aromatic nitrogens is 1. The van der Waals surface area contributed by atoms with E-state index in [0.717, 1.165) is 5.69 Å². The fourth-order valence-electron chi connectivity index (χ4n) is 9.42. The average molecular weight is 486 g/mol. The first-order valence-electron chi connectivity index (χ1n) is 14.1. The second-order valence-corrected chi connectivity index (χ2v) is 14.3. The Balaban J connectivity index is 1.55. The highest BCUT2D eigenvalue weighted by Crippen LogP contribution is 2.76. The van der Waals surface area contributed by atoms with Crippen LogP contribution in [0.3, 0.4) is 0 Å². The van der Waals surface area contributed by atoms with Crippen molar-refractivity contribution in [2.45, 2.75) is 85.0 Å². The minimum Gasteiger partial charge on any atom is -0.255 e.